The van der Waals surface area contributed by atoms with E-state index in [2.05, 4.69) is 15.4 Å². The summed E-state index contributed by atoms with van der Waals surface area (Å²) in [5.41, 5.74) is 5.52. The van der Waals surface area contributed by atoms with Crippen molar-refractivity contribution in [3.8, 4) is 0 Å². The van der Waals surface area contributed by atoms with Crippen molar-refractivity contribution in [3.05, 3.63) is 5.82 Å². The lowest BCUT2D eigenvalue weighted by molar-refractivity contribution is 0.305. The van der Waals surface area contributed by atoms with E-state index in [1.54, 1.807) is 4.80 Å². The molecule has 2 N–H and O–H groups in total. The zero-order valence-electron chi connectivity index (χ0n) is 8.65. The van der Waals surface area contributed by atoms with Gasteiger partial charge in [-0.15, -0.1) is 10.2 Å². The van der Waals surface area contributed by atoms with Crippen molar-refractivity contribution in [1.29, 1.82) is 0 Å². The quantitative estimate of drug-likeness (QED) is 0.716. The van der Waals surface area contributed by atoms with Gasteiger partial charge in [-0.25, -0.2) is 0 Å². The van der Waals surface area contributed by atoms with Crippen LogP contribution in [0.2, 0.25) is 0 Å². The Morgan fingerprint density at radius 2 is 2.08 bits per heavy atom. The van der Waals surface area contributed by atoms with Crippen LogP contribution in [0.3, 0.4) is 0 Å². The first-order valence-corrected chi connectivity index (χ1v) is 4.44. The molecule has 0 saturated heterocycles. The van der Waals surface area contributed by atoms with Gasteiger partial charge in [0.05, 0.1) is 5.54 Å². The van der Waals surface area contributed by atoms with Gasteiger partial charge in [-0.05, 0) is 32.9 Å². The lowest BCUT2D eigenvalue weighted by Crippen LogP contribution is -2.25. The molecule has 0 saturated carbocycles. The lowest BCUT2D eigenvalue weighted by atomic mass is 10.1. The first kappa shape index (κ1) is 10.1. The molecular weight excluding hydrogens is 166 g/mol. The molecule has 0 aliphatic heterocycles. The van der Waals surface area contributed by atoms with E-state index in [4.69, 9.17) is 5.73 Å². The van der Waals surface area contributed by atoms with Crippen LogP contribution < -0.4 is 5.73 Å². The molecule has 74 valence electrons. The zero-order valence-corrected chi connectivity index (χ0v) is 8.65. The van der Waals surface area contributed by atoms with Gasteiger partial charge >= 0.3 is 0 Å². The summed E-state index contributed by atoms with van der Waals surface area (Å²) < 4.78 is 0. The number of nitrogens with zero attached hydrogens (tertiary/aromatic N) is 4. The van der Waals surface area contributed by atoms with E-state index in [1.165, 1.54) is 0 Å². The molecule has 1 aromatic heterocycles. The summed E-state index contributed by atoms with van der Waals surface area (Å²) >= 11 is 0. The molecule has 5 nitrogen and oxygen atoms in total. The number of hydrogen-bond donors (Lipinski definition) is 1. The summed E-state index contributed by atoms with van der Waals surface area (Å²) in [6.45, 7) is 8.02. The third-order valence-electron chi connectivity index (χ3n) is 1.56. The van der Waals surface area contributed by atoms with Gasteiger partial charge in [-0.1, -0.05) is 0 Å². The maximum absolute atomic E-state index is 5.63. The van der Waals surface area contributed by atoms with Crippen LogP contribution in [-0.2, 0) is 12.0 Å². The highest BCUT2D eigenvalue weighted by molar-refractivity contribution is 4.82. The molecule has 0 aliphatic rings. The maximum Gasteiger partial charge on any atom is 0.176 e. The number of nitrogens with two attached hydrogens (primary N) is 1. The third kappa shape index (κ3) is 2.77. The fourth-order valence-electron chi connectivity index (χ4n) is 0.897. The van der Waals surface area contributed by atoms with Crippen molar-refractivity contribution < 1.29 is 0 Å². The van der Waals surface area contributed by atoms with E-state index in [9.17, 15) is 0 Å². The topological polar surface area (TPSA) is 69.6 Å². The minimum absolute atomic E-state index is 0.0811. The summed E-state index contributed by atoms with van der Waals surface area (Å²) in [4.78, 5) is 1.62. The van der Waals surface area contributed by atoms with E-state index in [0.29, 0.717) is 12.2 Å². The van der Waals surface area contributed by atoms with Crippen molar-refractivity contribution in [2.45, 2.75) is 45.7 Å². The molecule has 5 heteroatoms. The minimum atomic E-state index is -0.108. The van der Waals surface area contributed by atoms with E-state index < -0.39 is 0 Å². The van der Waals surface area contributed by atoms with Gasteiger partial charge in [-0.3, -0.25) is 0 Å². The van der Waals surface area contributed by atoms with Gasteiger partial charge in [-0.2, -0.15) is 4.80 Å². The SMILES string of the molecule is C[C@H](N)Cc1nnn(C(C)(C)C)n1. The van der Waals surface area contributed by atoms with Gasteiger partial charge < -0.3 is 5.73 Å². The molecule has 1 rings (SSSR count). The highest BCUT2D eigenvalue weighted by atomic mass is 15.6. The number of aromatic nitrogens is 4. The van der Waals surface area contributed by atoms with Crippen LogP contribution >= 0.6 is 0 Å². The average Bonchev–Trinajstić information content (AvgIpc) is 2.32. The van der Waals surface area contributed by atoms with E-state index in [-0.39, 0.29) is 11.6 Å². The third-order valence-corrected chi connectivity index (χ3v) is 1.56. The van der Waals surface area contributed by atoms with Gasteiger partial charge in [0.1, 0.15) is 0 Å². The fourth-order valence-corrected chi connectivity index (χ4v) is 0.897. The number of rotatable bonds is 2. The van der Waals surface area contributed by atoms with Crippen LogP contribution in [0.1, 0.15) is 33.5 Å². The molecule has 13 heavy (non-hydrogen) atoms. The van der Waals surface area contributed by atoms with Crippen LogP contribution in [0.25, 0.3) is 0 Å². The molecule has 1 heterocycles. The molecule has 0 aliphatic carbocycles. The molecule has 0 fully saturated rings. The van der Waals surface area contributed by atoms with Crippen LogP contribution in [0, 0.1) is 0 Å². The Kier molecular flexibility index (Phi) is 2.66. The van der Waals surface area contributed by atoms with Crippen molar-refractivity contribution >= 4 is 0 Å². The minimum Gasteiger partial charge on any atom is -0.328 e. The molecule has 0 bridgehead atoms. The Labute approximate surface area is 78.3 Å². The first-order valence-electron chi connectivity index (χ1n) is 4.44. The fraction of sp³-hybridized carbons (Fsp3) is 0.875. The van der Waals surface area contributed by atoms with Crippen LogP contribution in [0.4, 0.5) is 0 Å². The van der Waals surface area contributed by atoms with Crippen molar-refractivity contribution in [1.82, 2.24) is 20.2 Å². The Hall–Kier alpha value is -0.970. The monoisotopic (exact) mass is 183 g/mol. The lowest BCUT2D eigenvalue weighted by Gasteiger charge is -2.15. The predicted molar refractivity (Wildman–Crippen MR) is 50.2 cm³/mol. The number of tetrazole rings is 1. The highest BCUT2D eigenvalue weighted by Gasteiger charge is 2.16. The summed E-state index contributed by atoms with van der Waals surface area (Å²) in [5.74, 6) is 0.713. The highest BCUT2D eigenvalue weighted by Crippen LogP contribution is 2.09. The Morgan fingerprint density at radius 3 is 2.46 bits per heavy atom. The molecule has 0 radical (unpaired) electrons. The number of hydrogen-bond acceptors (Lipinski definition) is 4. The predicted octanol–water partition coefficient (Wildman–Crippen LogP) is 0.318. The van der Waals surface area contributed by atoms with E-state index in [1.807, 2.05) is 27.7 Å². The standard InChI is InChI=1S/C8H17N5/c1-6(9)5-7-10-12-13(11-7)8(2,3)4/h6H,5,9H2,1-4H3/t6-/m0/s1. The summed E-state index contributed by atoms with van der Waals surface area (Å²) in [5, 5.41) is 12.1. The van der Waals surface area contributed by atoms with Crippen LogP contribution in [0.5, 0.6) is 0 Å². The normalized spacial score (nSPS) is 14.5. The Morgan fingerprint density at radius 1 is 1.46 bits per heavy atom. The van der Waals surface area contributed by atoms with Crippen molar-refractivity contribution in [3.63, 3.8) is 0 Å². The second-order valence-corrected chi connectivity index (χ2v) is 4.35. The second-order valence-electron chi connectivity index (χ2n) is 4.35. The average molecular weight is 183 g/mol. The van der Waals surface area contributed by atoms with E-state index in [0.717, 1.165) is 0 Å². The molecule has 0 aromatic carbocycles. The van der Waals surface area contributed by atoms with Gasteiger partial charge in [0.25, 0.3) is 0 Å². The Bertz CT molecular complexity index is 270. The molecule has 1 atom stereocenters. The summed E-state index contributed by atoms with van der Waals surface area (Å²) in [7, 11) is 0. The molecule has 0 spiro atoms. The maximum atomic E-state index is 5.63. The largest absolute Gasteiger partial charge is 0.328 e. The van der Waals surface area contributed by atoms with Crippen molar-refractivity contribution in [2.24, 2.45) is 5.73 Å². The summed E-state index contributed by atoms with van der Waals surface area (Å²) in [6.07, 6.45) is 0.677. The second kappa shape index (κ2) is 3.41. The van der Waals surface area contributed by atoms with Crippen LogP contribution in [-0.4, -0.2) is 26.2 Å². The molecule has 0 unspecified atom stereocenters. The van der Waals surface area contributed by atoms with Crippen molar-refractivity contribution in [2.75, 3.05) is 0 Å². The van der Waals surface area contributed by atoms with Gasteiger partial charge in [0.2, 0.25) is 0 Å². The smallest absolute Gasteiger partial charge is 0.176 e. The molecular formula is C8H17N5. The van der Waals surface area contributed by atoms with Gasteiger partial charge in [0, 0.05) is 12.5 Å². The zero-order chi connectivity index (χ0) is 10.1. The molecule has 1 aromatic rings. The van der Waals surface area contributed by atoms with Crippen LogP contribution in [0.15, 0.2) is 0 Å². The summed E-state index contributed by atoms with van der Waals surface area (Å²) in [6, 6.07) is 0.0811. The molecule has 0 amide bonds. The first-order chi connectivity index (χ1) is 5.89. The Balaban J connectivity index is 2.75. The van der Waals surface area contributed by atoms with E-state index >= 15 is 0 Å². The van der Waals surface area contributed by atoms with Gasteiger partial charge in [0.15, 0.2) is 5.82 Å².